The normalized spacial score (nSPS) is 31.2. The average molecular weight is 247 g/mol. The van der Waals surface area contributed by atoms with Gasteiger partial charge < -0.3 is 5.32 Å². The summed E-state index contributed by atoms with van der Waals surface area (Å²) >= 11 is 4.33. The molecule has 1 heterocycles. The molecule has 0 aromatic heterocycles. The van der Waals surface area contributed by atoms with Gasteiger partial charge in [-0.1, -0.05) is 34.1 Å². The van der Waals surface area contributed by atoms with Crippen LogP contribution in [0.25, 0.3) is 0 Å². The zero-order valence-electron chi connectivity index (χ0n) is 10.5. The summed E-state index contributed by atoms with van der Waals surface area (Å²) in [7, 11) is 0. The van der Waals surface area contributed by atoms with Crippen molar-refractivity contribution in [2.24, 2.45) is 5.92 Å². The quantitative estimate of drug-likeness (QED) is 0.801. The number of hydrogen-bond acceptors (Lipinski definition) is 3. The summed E-state index contributed by atoms with van der Waals surface area (Å²) in [6, 6.07) is 0.702. The SMILES string of the molecule is CCNC(C(C)CC)C1SCCSC1C. The maximum absolute atomic E-state index is 3.70. The van der Waals surface area contributed by atoms with Gasteiger partial charge in [0.15, 0.2) is 0 Å². The van der Waals surface area contributed by atoms with Gasteiger partial charge in [-0.15, -0.1) is 0 Å². The number of thioether (sulfide) groups is 2. The molecule has 1 N–H and O–H groups in total. The summed E-state index contributed by atoms with van der Waals surface area (Å²) in [5, 5.41) is 5.31. The van der Waals surface area contributed by atoms with Crippen LogP contribution in [-0.4, -0.2) is 34.6 Å². The third-order valence-corrected chi connectivity index (χ3v) is 6.50. The molecule has 1 rings (SSSR count). The molecule has 15 heavy (non-hydrogen) atoms. The summed E-state index contributed by atoms with van der Waals surface area (Å²) in [6.07, 6.45) is 1.28. The van der Waals surface area contributed by atoms with E-state index in [4.69, 9.17) is 0 Å². The first-order chi connectivity index (χ1) is 7.20. The van der Waals surface area contributed by atoms with Gasteiger partial charge in [-0.05, 0) is 12.5 Å². The lowest BCUT2D eigenvalue weighted by atomic mass is 9.94. The number of rotatable bonds is 5. The summed E-state index contributed by atoms with van der Waals surface area (Å²) in [5.74, 6) is 3.46. The minimum atomic E-state index is 0.702. The van der Waals surface area contributed by atoms with Gasteiger partial charge in [0, 0.05) is 28.0 Å². The van der Waals surface area contributed by atoms with Crippen molar-refractivity contribution in [3.8, 4) is 0 Å². The Bertz CT molecular complexity index is 175. The molecule has 0 saturated carbocycles. The molecule has 90 valence electrons. The molecule has 0 spiro atoms. The molecule has 3 heteroatoms. The molecule has 0 aromatic rings. The van der Waals surface area contributed by atoms with E-state index in [1.54, 1.807) is 0 Å². The molecular weight excluding hydrogens is 222 g/mol. The van der Waals surface area contributed by atoms with E-state index in [0.717, 1.165) is 23.0 Å². The lowest BCUT2D eigenvalue weighted by Crippen LogP contribution is -2.48. The predicted molar refractivity (Wildman–Crippen MR) is 75.1 cm³/mol. The molecule has 1 aliphatic rings. The summed E-state index contributed by atoms with van der Waals surface area (Å²) in [4.78, 5) is 0. The Morgan fingerprint density at radius 3 is 2.47 bits per heavy atom. The van der Waals surface area contributed by atoms with E-state index in [1.165, 1.54) is 17.9 Å². The maximum atomic E-state index is 3.70. The fraction of sp³-hybridized carbons (Fsp3) is 1.00. The monoisotopic (exact) mass is 247 g/mol. The molecule has 4 atom stereocenters. The highest BCUT2D eigenvalue weighted by Gasteiger charge is 2.32. The standard InChI is InChI=1S/C12H25NS2/c1-5-9(3)11(13-6-2)12-10(4)14-7-8-15-12/h9-13H,5-8H2,1-4H3. The molecule has 0 amide bonds. The second kappa shape index (κ2) is 7.08. The zero-order valence-corrected chi connectivity index (χ0v) is 12.1. The molecule has 0 radical (unpaired) electrons. The van der Waals surface area contributed by atoms with E-state index in [1.807, 2.05) is 0 Å². The van der Waals surface area contributed by atoms with Gasteiger partial charge in [0.05, 0.1) is 0 Å². The van der Waals surface area contributed by atoms with Crippen LogP contribution < -0.4 is 5.32 Å². The van der Waals surface area contributed by atoms with E-state index in [-0.39, 0.29) is 0 Å². The van der Waals surface area contributed by atoms with Crippen molar-refractivity contribution in [3.63, 3.8) is 0 Å². The highest BCUT2D eigenvalue weighted by molar-refractivity contribution is 8.07. The van der Waals surface area contributed by atoms with E-state index in [0.29, 0.717) is 6.04 Å². The molecule has 1 nitrogen and oxygen atoms in total. The topological polar surface area (TPSA) is 12.0 Å². The minimum Gasteiger partial charge on any atom is -0.313 e. The van der Waals surface area contributed by atoms with Crippen molar-refractivity contribution in [1.82, 2.24) is 5.32 Å². The van der Waals surface area contributed by atoms with E-state index < -0.39 is 0 Å². The lowest BCUT2D eigenvalue weighted by molar-refractivity contribution is 0.361. The molecule has 0 aromatic carbocycles. The third kappa shape index (κ3) is 3.86. The first-order valence-electron chi connectivity index (χ1n) is 6.17. The summed E-state index contributed by atoms with van der Waals surface area (Å²) < 4.78 is 0. The molecular formula is C12H25NS2. The van der Waals surface area contributed by atoms with Crippen LogP contribution >= 0.6 is 23.5 Å². The Balaban J connectivity index is 2.59. The van der Waals surface area contributed by atoms with Crippen LogP contribution in [0.3, 0.4) is 0 Å². The Morgan fingerprint density at radius 2 is 1.93 bits per heavy atom. The van der Waals surface area contributed by atoms with Crippen LogP contribution in [0.5, 0.6) is 0 Å². The van der Waals surface area contributed by atoms with Gasteiger partial charge in [0.1, 0.15) is 0 Å². The first-order valence-corrected chi connectivity index (χ1v) is 8.27. The van der Waals surface area contributed by atoms with Crippen molar-refractivity contribution >= 4 is 23.5 Å². The summed E-state index contributed by atoms with van der Waals surface area (Å²) in [5.41, 5.74) is 0. The Labute approximate surface area is 104 Å². The van der Waals surface area contributed by atoms with Crippen molar-refractivity contribution in [1.29, 1.82) is 0 Å². The molecule has 4 unspecified atom stereocenters. The van der Waals surface area contributed by atoms with Crippen LogP contribution in [0.15, 0.2) is 0 Å². The minimum absolute atomic E-state index is 0.702. The largest absolute Gasteiger partial charge is 0.313 e. The first kappa shape index (κ1) is 13.7. The highest BCUT2D eigenvalue weighted by Crippen LogP contribution is 2.35. The fourth-order valence-corrected chi connectivity index (χ4v) is 5.26. The van der Waals surface area contributed by atoms with Gasteiger partial charge in [-0.25, -0.2) is 0 Å². The van der Waals surface area contributed by atoms with Crippen LogP contribution in [0.1, 0.15) is 34.1 Å². The molecule has 0 bridgehead atoms. The Kier molecular flexibility index (Phi) is 6.48. The average Bonchev–Trinajstić information content (AvgIpc) is 2.26. The molecule has 1 aliphatic heterocycles. The molecule has 0 aliphatic carbocycles. The van der Waals surface area contributed by atoms with Crippen molar-refractivity contribution in [2.75, 3.05) is 18.1 Å². The van der Waals surface area contributed by atoms with Crippen LogP contribution in [0.2, 0.25) is 0 Å². The van der Waals surface area contributed by atoms with Gasteiger partial charge in [-0.2, -0.15) is 23.5 Å². The van der Waals surface area contributed by atoms with E-state index in [9.17, 15) is 0 Å². The Hall–Kier alpha value is 0.660. The molecule has 1 saturated heterocycles. The van der Waals surface area contributed by atoms with Gasteiger partial charge in [-0.3, -0.25) is 0 Å². The zero-order chi connectivity index (χ0) is 11.3. The smallest absolute Gasteiger partial charge is 0.0320 e. The van der Waals surface area contributed by atoms with Crippen LogP contribution in [0.4, 0.5) is 0 Å². The van der Waals surface area contributed by atoms with Gasteiger partial charge >= 0.3 is 0 Å². The van der Waals surface area contributed by atoms with Crippen molar-refractivity contribution in [3.05, 3.63) is 0 Å². The van der Waals surface area contributed by atoms with Gasteiger partial charge in [0.2, 0.25) is 0 Å². The Morgan fingerprint density at radius 1 is 1.27 bits per heavy atom. The van der Waals surface area contributed by atoms with Crippen molar-refractivity contribution < 1.29 is 0 Å². The predicted octanol–water partition coefficient (Wildman–Crippen LogP) is 3.25. The van der Waals surface area contributed by atoms with Crippen LogP contribution in [0, 0.1) is 5.92 Å². The highest BCUT2D eigenvalue weighted by atomic mass is 32.2. The second-order valence-corrected chi connectivity index (χ2v) is 7.15. The maximum Gasteiger partial charge on any atom is 0.0320 e. The fourth-order valence-electron chi connectivity index (χ4n) is 2.17. The summed E-state index contributed by atoms with van der Waals surface area (Å²) in [6.45, 7) is 10.4. The second-order valence-electron chi connectivity index (χ2n) is 4.38. The lowest BCUT2D eigenvalue weighted by Gasteiger charge is -2.37. The number of nitrogens with one attached hydrogen (secondary N) is 1. The van der Waals surface area contributed by atoms with Crippen LogP contribution in [-0.2, 0) is 0 Å². The van der Waals surface area contributed by atoms with E-state index in [2.05, 4.69) is 56.5 Å². The van der Waals surface area contributed by atoms with E-state index >= 15 is 0 Å². The molecule has 1 fully saturated rings. The van der Waals surface area contributed by atoms with Crippen molar-refractivity contribution in [2.45, 2.75) is 50.7 Å². The van der Waals surface area contributed by atoms with Gasteiger partial charge in [0.25, 0.3) is 0 Å². The number of hydrogen-bond donors (Lipinski definition) is 1. The third-order valence-electron chi connectivity index (χ3n) is 3.29.